The lowest BCUT2D eigenvalue weighted by molar-refractivity contribution is 0.0347. The third-order valence-electron chi connectivity index (χ3n) is 3.23. The van der Waals surface area contributed by atoms with Crippen LogP contribution in [0.4, 0.5) is 5.69 Å². The predicted molar refractivity (Wildman–Crippen MR) is 70.3 cm³/mol. The lowest BCUT2D eigenvalue weighted by Crippen LogP contribution is -2.20. The van der Waals surface area contributed by atoms with Gasteiger partial charge >= 0.3 is 0 Å². The molecule has 1 fully saturated rings. The van der Waals surface area contributed by atoms with Gasteiger partial charge in [-0.15, -0.1) is 0 Å². The molecule has 0 spiro atoms. The maximum absolute atomic E-state index is 5.86. The molecule has 1 aromatic heterocycles. The summed E-state index contributed by atoms with van der Waals surface area (Å²) in [6.07, 6.45) is 8.88. The largest absolute Gasteiger partial charge is 0.383 e. The fraction of sp³-hybridized carbons (Fsp3) is 0.643. The number of aromatic nitrogens is 1. The molecule has 0 aromatic carbocycles. The van der Waals surface area contributed by atoms with E-state index in [9.17, 15) is 0 Å². The van der Waals surface area contributed by atoms with Gasteiger partial charge in [0.05, 0.1) is 12.7 Å². The van der Waals surface area contributed by atoms with Gasteiger partial charge in [-0.05, 0) is 31.9 Å². The molecule has 1 aromatic rings. The SMILES string of the molecule is Cc1cc(NCCOC2CCCCC2)ccn1. The molecule has 0 bridgehead atoms. The van der Waals surface area contributed by atoms with Gasteiger partial charge < -0.3 is 10.1 Å². The molecule has 0 amide bonds. The van der Waals surface area contributed by atoms with Crippen molar-refractivity contribution in [2.75, 3.05) is 18.5 Å². The van der Waals surface area contributed by atoms with Crippen molar-refractivity contribution in [1.82, 2.24) is 4.98 Å². The molecule has 1 N–H and O–H groups in total. The lowest BCUT2D eigenvalue weighted by atomic mass is 9.98. The highest BCUT2D eigenvalue weighted by Gasteiger charge is 2.12. The van der Waals surface area contributed by atoms with Crippen LogP contribution in [0.15, 0.2) is 18.3 Å². The van der Waals surface area contributed by atoms with E-state index in [-0.39, 0.29) is 0 Å². The van der Waals surface area contributed by atoms with Gasteiger partial charge in [-0.2, -0.15) is 0 Å². The maximum Gasteiger partial charge on any atom is 0.0642 e. The molecule has 1 aliphatic carbocycles. The smallest absolute Gasteiger partial charge is 0.0642 e. The molecular weight excluding hydrogens is 212 g/mol. The third-order valence-corrected chi connectivity index (χ3v) is 3.23. The Morgan fingerprint density at radius 1 is 1.35 bits per heavy atom. The number of ether oxygens (including phenoxy) is 1. The van der Waals surface area contributed by atoms with E-state index in [0.29, 0.717) is 6.10 Å². The number of aryl methyl sites for hydroxylation is 1. The molecule has 1 aliphatic rings. The van der Waals surface area contributed by atoms with Crippen molar-refractivity contribution in [3.63, 3.8) is 0 Å². The Labute approximate surface area is 104 Å². The van der Waals surface area contributed by atoms with Crippen LogP contribution < -0.4 is 5.32 Å². The Balaban J connectivity index is 1.62. The van der Waals surface area contributed by atoms with E-state index in [2.05, 4.69) is 16.4 Å². The van der Waals surface area contributed by atoms with E-state index in [1.54, 1.807) is 0 Å². The van der Waals surface area contributed by atoms with E-state index in [4.69, 9.17) is 4.74 Å². The van der Waals surface area contributed by atoms with Crippen LogP contribution in [-0.4, -0.2) is 24.2 Å². The molecule has 1 saturated carbocycles. The van der Waals surface area contributed by atoms with E-state index in [0.717, 1.165) is 24.5 Å². The number of rotatable bonds is 5. The van der Waals surface area contributed by atoms with Crippen LogP contribution in [-0.2, 0) is 4.74 Å². The van der Waals surface area contributed by atoms with Crippen molar-refractivity contribution in [3.05, 3.63) is 24.0 Å². The summed E-state index contributed by atoms with van der Waals surface area (Å²) < 4.78 is 5.86. The minimum atomic E-state index is 0.504. The van der Waals surface area contributed by atoms with Crippen LogP contribution in [0, 0.1) is 6.92 Å². The van der Waals surface area contributed by atoms with Gasteiger partial charge in [-0.3, -0.25) is 4.98 Å². The number of nitrogens with zero attached hydrogens (tertiary/aromatic N) is 1. The van der Waals surface area contributed by atoms with Gasteiger partial charge in [0.25, 0.3) is 0 Å². The first-order valence-electron chi connectivity index (χ1n) is 6.63. The van der Waals surface area contributed by atoms with E-state index in [1.165, 1.54) is 32.1 Å². The zero-order valence-corrected chi connectivity index (χ0v) is 10.6. The fourth-order valence-electron chi connectivity index (χ4n) is 2.31. The van der Waals surface area contributed by atoms with Crippen LogP contribution >= 0.6 is 0 Å². The Bertz CT molecular complexity index is 335. The second kappa shape index (κ2) is 6.60. The van der Waals surface area contributed by atoms with Gasteiger partial charge in [0.1, 0.15) is 0 Å². The number of pyridine rings is 1. The lowest BCUT2D eigenvalue weighted by Gasteiger charge is -2.22. The van der Waals surface area contributed by atoms with Crippen molar-refractivity contribution in [3.8, 4) is 0 Å². The third kappa shape index (κ3) is 4.35. The van der Waals surface area contributed by atoms with Crippen molar-refractivity contribution in [1.29, 1.82) is 0 Å². The van der Waals surface area contributed by atoms with E-state index < -0.39 is 0 Å². The van der Waals surface area contributed by atoms with Gasteiger partial charge in [0, 0.05) is 24.1 Å². The summed E-state index contributed by atoms with van der Waals surface area (Å²) in [6.45, 7) is 3.68. The summed E-state index contributed by atoms with van der Waals surface area (Å²) >= 11 is 0. The summed E-state index contributed by atoms with van der Waals surface area (Å²) in [5, 5.41) is 3.36. The van der Waals surface area contributed by atoms with E-state index in [1.807, 2.05) is 19.2 Å². The summed E-state index contributed by atoms with van der Waals surface area (Å²) in [6, 6.07) is 4.05. The van der Waals surface area contributed by atoms with Gasteiger partial charge in [0.2, 0.25) is 0 Å². The quantitative estimate of drug-likeness (QED) is 0.795. The second-order valence-electron chi connectivity index (χ2n) is 4.74. The summed E-state index contributed by atoms with van der Waals surface area (Å²) in [7, 11) is 0. The Morgan fingerprint density at radius 3 is 2.94 bits per heavy atom. The zero-order chi connectivity index (χ0) is 11.9. The van der Waals surface area contributed by atoms with E-state index >= 15 is 0 Å². The maximum atomic E-state index is 5.86. The zero-order valence-electron chi connectivity index (χ0n) is 10.6. The van der Waals surface area contributed by atoms with Crippen LogP contribution in [0.5, 0.6) is 0 Å². The average Bonchev–Trinajstić information content (AvgIpc) is 2.36. The minimum Gasteiger partial charge on any atom is -0.383 e. The van der Waals surface area contributed by atoms with Crippen molar-refractivity contribution in [2.24, 2.45) is 0 Å². The highest BCUT2D eigenvalue weighted by atomic mass is 16.5. The predicted octanol–water partition coefficient (Wildman–Crippen LogP) is 3.15. The van der Waals surface area contributed by atoms with Crippen LogP contribution in [0.3, 0.4) is 0 Å². The Kier molecular flexibility index (Phi) is 4.80. The number of nitrogens with one attached hydrogen (secondary N) is 1. The molecule has 2 rings (SSSR count). The summed E-state index contributed by atoms with van der Waals surface area (Å²) in [5.41, 5.74) is 2.17. The molecule has 3 nitrogen and oxygen atoms in total. The minimum absolute atomic E-state index is 0.504. The number of anilines is 1. The average molecular weight is 234 g/mol. The highest BCUT2D eigenvalue weighted by molar-refractivity contribution is 5.42. The number of hydrogen-bond acceptors (Lipinski definition) is 3. The Hall–Kier alpha value is -1.09. The van der Waals surface area contributed by atoms with Gasteiger partial charge in [-0.25, -0.2) is 0 Å². The molecule has 0 unspecified atom stereocenters. The van der Waals surface area contributed by atoms with Crippen molar-refractivity contribution < 1.29 is 4.74 Å². The molecule has 17 heavy (non-hydrogen) atoms. The topological polar surface area (TPSA) is 34.1 Å². The summed E-state index contributed by atoms with van der Waals surface area (Å²) in [4.78, 5) is 4.17. The summed E-state index contributed by atoms with van der Waals surface area (Å²) in [5.74, 6) is 0. The number of hydrogen-bond donors (Lipinski definition) is 1. The first-order valence-corrected chi connectivity index (χ1v) is 6.63. The molecule has 1 heterocycles. The molecule has 0 atom stereocenters. The van der Waals surface area contributed by atoms with Crippen LogP contribution in [0.1, 0.15) is 37.8 Å². The van der Waals surface area contributed by atoms with Crippen molar-refractivity contribution in [2.45, 2.75) is 45.1 Å². The van der Waals surface area contributed by atoms with Crippen LogP contribution in [0.2, 0.25) is 0 Å². The second-order valence-corrected chi connectivity index (χ2v) is 4.74. The molecule has 3 heteroatoms. The highest BCUT2D eigenvalue weighted by Crippen LogP contribution is 2.20. The van der Waals surface area contributed by atoms with Crippen LogP contribution in [0.25, 0.3) is 0 Å². The standard InChI is InChI=1S/C14H22N2O/c1-12-11-13(7-8-15-12)16-9-10-17-14-5-3-2-4-6-14/h7-8,11,14H,2-6,9-10H2,1H3,(H,15,16). The fourth-order valence-corrected chi connectivity index (χ4v) is 2.31. The van der Waals surface area contributed by atoms with Gasteiger partial charge in [0.15, 0.2) is 0 Å². The molecule has 0 radical (unpaired) electrons. The first kappa shape index (κ1) is 12.4. The molecule has 0 saturated heterocycles. The Morgan fingerprint density at radius 2 is 2.18 bits per heavy atom. The molecule has 0 aliphatic heterocycles. The van der Waals surface area contributed by atoms with Gasteiger partial charge in [-0.1, -0.05) is 19.3 Å². The monoisotopic (exact) mass is 234 g/mol. The first-order chi connectivity index (χ1) is 8.34. The van der Waals surface area contributed by atoms with Crippen molar-refractivity contribution >= 4 is 5.69 Å². The normalized spacial score (nSPS) is 17.0. The molecule has 94 valence electrons. The molecular formula is C14H22N2O.